The number of aromatic hydroxyl groups is 1. The van der Waals surface area contributed by atoms with Crippen LogP contribution in [0.4, 0.5) is 15.8 Å². The molecule has 112 valence electrons. The van der Waals surface area contributed by atoms with E-state index in [9.17, 15) is 17.9 Å². The third-order valence-corrected chi connectivity index (χ3v) is 4.85. The van der Waals surface area contributed by atoms with E-state index in [2.05, 4.69) is 20.7 Å². The molecular weight excluding hydrogens is 363 g/mol. The lowest BCUT2D eigenvalue weighted by atomic mass is 10.2. The number of hydrogen-bond acceptors (Lipinski definition) is 4. The zero-order chi connectivity index (χ0) is 15.8. The summed E-state index contributed by atoms with van der Waals surface area (Å²) in [5, 5.41) is 9.59. The highest BCUT2D eigenvalue weighted by Crippen LogP contribution is 2.29. The fraction of sp³-hybridized carbons (Fsp3) is 0.0769. The summed E-state index contributed by atoms with van der Waals surface area (Å²) in [6, 6.07) is 6.35. The molecule has 0 aliphatic rings. The van der Waals surface area contributed by atoms with E-state index in [4.69, 9.17) is 5.73 Å². The topological polar surface area (TPSA) is 92.4 Å². The molecule has 0 radical (unpaired) electrons. The first-order chi connectivity index (χ1) is 9.70. The van der Waals surface area contributed by atoms with Crippen LogP contribution >= 0.6 is 15.9 Å². The summed E-state index contributed by atoms with van der Waals surface area (Å²) in [6.07, 6.45) is 0. The molecule has 0 aliphatic heterocycles. The standard InChI is InChI=1S/C13H12BrFN2O3S/c1-7-2-3-8(4-12(7)18)17-21(19,20)13-5-9(14)10(15)6-11(13)16/h2-6,17-18H,16H2,1H3. The molecule has 0 unspecified atom stereocenters. The number of nitrogens with one attached hydrogen (secondary N) is 1. The lowest BCUT2D eigenvalue weighted by molar-refractivity contribution is 0.471. The molecular formula is C13H12BrFN2O3S. The molecule has 4 N–H and O–H groups in total. The lowest BCUT2D eigenvalue weighted by Crippen LogP contribution is -2.15. The second-order valence-corrected chi connectivity index (χ2v) is 6.92. The Kier molecular flexibility index (Phi) is 4.11. The maximum absolute atomic E-state index is 13.3. The number of halogens is 2. The fourth-order valence-electron chi connectivity index (χ4n) is 1.66. The van der Waals surface area contributed by atoms with Crippen molar-refractivity contribution in [2.75, 3.05) is 10.5 Å². The van der Waals surface area contributed by atoms with Gasteiger partial charge in [0.2, 0.25) is 0 Å². The Labute approximate surface area is 129 Å². The monoisotopic (exact) mass is 374 g/mol. The van der Waals surface area contributed by atoms with Gasteiger partial charge in [-0.15, -0.1) is 0 Å². The van der Waals surface area contributed by atoms with Gasteiger partial charge in [0.25, 0.3) is 10.0 Å². The number of anilines is 2. The van der Waals surface area contributed by atoms with Crippen molar-refractivity contribution in [2.24, 2.45) is 0 Å². The van der Waals surface area contributed by atoms with Crippen LogP contribution in [-0.4, -0.2) is 13.5 Å². The van der Waals surface area contributed by atoms with Gasteiger partial charge in [-0.2, -0.15) is 0 Å². The van der Waals surface area contributed by atoms with Crippen molar-refractivity contribution < 1.29 is 17.9 Å². The average molecular weight is 375 g/mol. The average Bonchev–Trinajstić information content (AvgIpc) is 2.37. The smallest absolute Gasteiger partial charge is 0.263 e. The highest BCUT2D eigenvalue weighted by atomic mass is 79.9. The molecule has 0 heterocycles. The molecule has 0 fully saturated rings. The molecule has 0 atom stereocenters. The van der Waals surface area contributed by atoms with Gasteiger partial charge in [0.15, 0.2) is 0 Å². The van der Waals surface area contributed by atoms with Crippen LogP contribution in [0.1, 0.15) is 5.56 Å². The van der Waals surface area contributed by atoms with Crippen molar-refractivity contribution in [3.05, 3.63) is 46.2 Å². The molecule has 0 saturated carbocycles. The summed E-state index contributed by atoms with van der Waals surface area (Å²) >= 11 is 2.92. The van der Waals surface area contributed by atoms with Crippen molar-refractivity contribution in [3.8, 4) is 5.75 Å². The van der Waals surface area contributed by atoms with Crippen molar-refractivity contribution in [1.82, 2.24) is 0 Å². The number of rotatable bonds is 3. The molecule has 0 spiro atoms. The fourth-order valence-corrected chi connectivity index (χ4v) is 3.34. The summed E-state index contributed by atoms with van der Waals surface area (Å²) in [5.74, 6) is -0.692. The second kappa shape index (κ2) is 5.53. The Bertz CT molecular complexity index is 809. The summed E-state index contributed by atoms with van der Waals surface area (Å²) in [5.41, 5.74) is 6.14. The van der Waals surface area contributed by atoms with Crippen LogP contribution in [0.3, 0.4) is 0 Å². The highest BCUT2D eigenvalue weighted by Gasteiger charge is 2.20. The van der Waals surface area contributed by atoms with Gasteiger partial charge < -0.3 is 10.8 Å². The van der Waals surface area contributed by atoms with Crippen LogP contribution in [-0.2, 0) is 10.0 Å². The van der Waals surface area contributed by atoms with Crippen LogP contribution in [0.25, 0.3) is 0 Å². The van der Waals surface area contributed by atoms with Gasteiger partial charge in [0.1, 0.15) is 16.5 Å². The number of sulfonamides is 1. The van der Waals surface area contributed by atoms with Crippen molar-refractivity contribution >= 4 is 37.3 Å². The molecule has 0 aromatic heterocycles. The van der Waals surface area contributed by atoms with Crippen LogP contribution in [0.5, 0.6) is 5.75 Å². The normalized spacial score (nSPS) is 11.4. The van der Waals surface area contributed by atoms with E-state index < -0.39 is 15.8 Å². The van der Waals surface area contributed by atoms with Gasteiger partial charge in [-0.05, 0) is 46.6 Å². The van der Waals surface area contributed by atoms with E-state index >= 15 is 0 Å². The van der Waals surface area contributed by atoms with Gasteiger partial charge >= 0.3 is 0 Å². The summed E-state index contributed by atoms with van der Waals surface area (Å²) in [4.78, 5) is -0.254. The van der Waals surface area contributed by atoms with E-state index in [1.807, 2.05) is 0 Å². The molecule has 5 nitrogen and oxygen atoms in total. The Hall–Kier alpha value is -1.80. The Morgan fingerprint density at radius 1 is 1.29 bits per heavy atom. The van der Waals surface area contributed by atoms with E-state index in [0.29, 0.717) is 5.56 Å². The zero-order valence-electron chi connectivity index (χ0n) is 10.9. The van der Waals surface area contributed by atoms with Crippen LogP contribution in [0.15, 0.2) is 39.7 Å². The number of phenolic OH excluding ortho intramolecular Hbond substituents is 1. The minimum atomic E-state index is -4.00. The van der Waals surface area contributed by atoms with Crippen LogP contribution in [0, 0.1) is 12.7 Å². The largest absolute Gasteiger partial charge is 0.508 e. The molecule has 21 heavy (non-hydrogen) atoms. The predicted octanol–water partition coefficient (Wildman–Crippen LogP) is 2.99. The van der Waals surface area contributed by atoms with E-state index in [1.54, 1.807) is 13.0 Å². The summed E-state index contributed by atoms with van der Waals surface area (Å²) in [7, 11) is -4.00. The molecule has 0 amide bonds. The molecule has 2 aromatic carbocycles. The van der Waals surface area contributed by atoms with Crippen LogP contribution in [0.2, 0.25) is 0 Å². The van der Waals surface area contributed by atoms with Crippen molar-refractivity contribution in [3.63, 3.8) is 0 Å². The Morgan fingerprint density at radius 3 is 2.57 bits per heavy atom. The van der Waals surface area contributed by atoms with E-state index in [-0.39, 0.29) is 26.5 Å². The first kappa shape index (κ1) is 15.6. The third-order valence-electron chi connectivity index (χ3n) is 2.80. The molecule has 0 aliphatic carbocycles. The summed E-state index contributed by atoms with van der Waals surface area (Å²) in [6.45, 7) is 1.68. The molecule has 2 rings (SSSR count). The predicted molar refractivity (Wildman–Crippen MR) is 82.2 cm³/mol. The van der Waals surface area contributed by atoms with Gasteiger partial charge in [0.05, 0.1) is 15.8 Å². The number of hydrogen-bond donors (Lipinski definition) is 3. The molecule has 0 saturated heterocycles. The maximum atomic E-state index is 13.3. The number of nitrogens with two attached hydrogens (primary N) is 1. The maximum Gasteiger partial charge on any atom is 0.263 e. The van der Waals surface area contributed by atoms with E-state index in [0.717, 1.165) is 12.1 Å². The number of benzene rings is 2. The van der Waals surface area contributed by atoms with Crippen molar-refractivity contribution in [2.45, 2.75) is 11.8 Å². The lowest BCUT2D eigenvalue weighted by Gasteiger charge is -2.11. The SMILES string of the molecule is Cc1ccc(NS(=O)(=O)c2cc(Br)c(F)cc2N)cc1O. The number of aryl methyl sites for hydroxylation is 1. The Morgan fingerprint density at radius 2 is 1.95 bits per heavy atom. The summed E-state index contributed by atoms with van der Waals surface area (Å²) < 4.78 is 40.1. The van der Waals surface area contributed by atoms with E-state index in [1.165, 1.54) is 12.1 Å². The zero-order valence-corrected chi connectivity index (χ0v) is 13.3. The minimum Gasteiger partial charge on any atom is -0.508 e. The molecule has 0 bridgehead atoms. The number of phenols is 1. The van der Waals surface area contributed by atoms with Gasteiger partial charge in [-0.25, -0.2) is 12.8 Å². The van der Waals surface area contributed by atoms with Crippen molar-refractivity contribution in [1.29, 1.82) is 0 Å². The first-order valence-corrected chi connectivity index (χ1v) is 8.05. The van der Waals surface area contributed by atoms with Gasteiger partial charge in [-0.1, -0.05) is 6.07 Å². The minimum absolute atomic E-state index is 0.0103. The second-order valence-electron chi connectivity index (χ2n) is 4.41. The Balaban J connectivity index is 2.43. The molecule has 2 aromatic rings. The first-order valence-electron chi connectivity index (χ1n) is 5.77. The highest BCUT2D eigenvalue weighted by molar-refractivity contribution is 9.10. The quantitative estimate of drug-likeness (QED) is 0.720. The third kappa shape index (κ3) is 3.27. The van der Waals surface area contributed by atoms with Gasteiger partial charge in [0, 0.05) is 6.07 Å². The molecule has 8 heteroatoms. The van der Waals surface area contributed by atoms with Gasteiger partial charge in [-0.3, -0.25) is 4.72 Å². The van der Waals surface area contributed by atoms with Crippen LogP contribution < -0.4 is 10.5 Å². The number of nitrogen functional groups attached to an aromatic ring is 1.